The number of nitriles is 1. The zero-order valence-corrected chi connectivity index (χ0v) is 13.0. The summed E-state index contributed by atoms with van der Waals surface area (Å²) in [5.41, 5.74) is 2.52. The van der Waals surface area contributed by atoms with E-state index in [1.807, 2.05) is 24.0 Å². The average molecular weight is 306 g/mol. The van der Waals surface area contributed by atoms with Gasteiger partial charge in [0.25, 0.3) is 5.91 Å². The first-order chi connectivity index (χ1) is 11.1. The van der Waals surface area contributed by atoms with Crippen LogP contribution in [0, 0.1) is 11.3 Å². The summed E-state index contributed by atoms with van der Waals surface area (Å²) in [4.78, 5) is 14.4. The largest absolute Gasteiger partial charge is 0.507 e. The SMILES string of the molecule is CCN(C(=O)c1ccc(-c2cc(C#N)ccc2O)cc1)C1CC1. The van der Waals surface area contributed by atoms with Crippen LogP contribution in [0.25, 0.3) is 11.1 Å². The second-order valence-electron chi connectivity index (χ2n) is 5.74. The van der Waals surface area contributed by atoms with Crippen molar-refractivity contribution in [1.29, 1.82) is 5.26 Å². The summed E-state index contributed by atoms with van der Waals surface area (Å²) in [6.45, 7) is 2.71. The molecule has 3 rings (SSSR count). The summed E-state index contributed by atoms with van der Waals surface area (Å²) in [6, 6.07) is 14.4. The molecule has 0 spiro atoms. The molecule has 0 atom stereocenters. The highest BCUT2D eigenvalue weighted by atomic mass is 16.3. The number of aromatic hydroxyl groups is 1. The number of phenols is 1. The molecule has 0 unspecified atom stereocenters. The van der Waals surface area contributed by atoms with Crippen molar-refractivity contribution in [2.75, 3.05) is 6.54 Å². The van der Waals surface area contributed by atoms with E-state index in [1.165, 1.54) is 6.07 Å². The van der Waals surface area contributed by atoms with Gasteiger partial charge in [-0.1, -0.05) is 12.1 Å². The van der Waals surface area contributed by atoms with Gasteiger partial charge in [-0.25, -0.2) is 0 Å². The summed E-state index contributed by atoms with van der Waals surface area (Å²) in [6.07, 6.45) is 2.18. The molecular weight excluding hydrogens is 288 g/mol. The molecule has 4 heteroatoms. The Hall–Kier alpha value is -2.80. The van der Waals surface area contributed by atoms with E-state index >= 15 is 0 Å². The number of benzene rings is 2. The average Bonchev–Trinajstić information content (AvgIpc) is 3.41. The number of hydrogen-bond donors (Lipinski definition) is 1. The maximum atomic E-state index is 12.5. The van der Waals surface area contributed by atoms with Crippen LogP contribution in [0.5, 0.6) is 5.75 Å². The maximum Gasteiger partial charge on any atom is 0.254 e. The van der Waals surface area contributed by atoms with Crippen molar-refractivity contribution < 1.29 is 9.90 Å². The van der Waals surface area contributed by atoms with Crippen molar-refractivity contribution in [1.82, 2.24) is 4.90 Å². The molecule has 1 N–H and O–H groups in total. The Labute approximate surface area is 135 Å². The van der Waals surface area contributed by atoms with Crippen molar-refractivity contribution in [3.8, 4) is 22.9 Å². The topological polar surface area (TPSA) is 64.3 Å². The van der Waals surface area contributed by atoms with E-state index in [1.54, 1.807) is 24.3 Å². The Morgan fingerprint density at radius 2 is 1.96 bits per heavy atom. The molecule has 1 aliphatic carbocycles. The molecule has 0 heterocycles. The van der Waals surface area contributed by atoms with Crippen LogP contribution in [-0.4, -0.2) is 28.5 Å². The zero-order chi connectivity index (χ0) is 16.4. The summed E-state index contributed by atoms with van der Waals surface area (Å²) >= 11 is 0. The maximum absolute atomic E-state index is 12.5. The molecule has 4 nitrogen and oxygen atoms in total. The Balaban J connectivity index is 1.88. The number of carbonyl (C=O) groups is 1. The van der Waals surface area contributed by atoms with E-state index < -0.39 is 0 Å². The highest BCUT2D eigenvalue weighted by molar-refractivity contribution is 5.95. The van der Waals surface area contributed by atoms with Crippen molar-refractivity contribution in [3.63, 3.8) is 0 Å². The molecular formula is C19H18N2O2. The second kappa shape index (κ2) is 6.13. The predicted octanol–water partition coefficient (Wildman–Crippen LogP) is 3.56. The van der Waals surface area contributed by atoms with E-state index in [-0.39, 0.29) is 11.7 Å². The lowest BCUT2D eigenvalue weighted by Crippen LogP contribution is -2.32. The van der Waals surface area contributed by atoms with Crippen LogP contribution in [0.1, 0.15) is 35.7 Å². The Bertz CT molecular complexity index is 771. The highest BCUT2D eigenvalue weighted by Crippen LogP contribution is 2.31. The molecule has 0 saturated heterocycles. The summed E-state index contributed by atoms with van der Waals surface area (Å²) in [5, 5.41) is 19.0. The number of carbonyl (C=O) groups excluding carboxylic acids is 1. The van der Waals surface area contributed by atoms with Gasteiger partial charge in [0, 0.05) is 23.7 Å². The van der Waals surface area contributed by atoms with Gasteiger partial charge in [-0.05, 0) is 55.7 Å². The molecule has 1 amide bonds. The lowest BCUT2D eigenvalue weighted by atomic mass is 10.0. The summed E-state index contributed by atoms with van der Waals surface area (Å²) in [5.74, 6) is 0.174. The van der Waals surface area contributed by atoms with Crippen LogP contribution in [-0.2, 0) is 0 Å². The van der Waals surface area contributed by atoms with E-state index in [0.717, 1.165) is 24.9 Å². The van der Waals surface area contributed by atoms with Crippen molar-refractivity contribution >= 4 is 5.91 Å². The van der Waals surface area contributed by atoms with E-state index in [9.17, 15) is 9.90 Å². The van der Waals surface area contributed by atoms with Crippen molar-refractivity contribution in [3.05, 3.63) is 53.6 Å². The van der Waals surface area contributed by atoms with E-state index in [4.69, 9.17) is 5.26 Å². The molecule has 0 aromatic heterocycles. The minimum absolute atomic E-state index is 0.0524. The minimum Gasteiger partial charge on any atom is -0.507 e. The van der Waals surface area contributed by atoms with Gasteiger partial charge in [-0.2, -0.15) is 5.26 Å². The summed E-state index contributed by atoms with van der Waals surface area (Å²) < 4.78 is 0. The quantitative estimate of drug-likeness (QED) is 0.939. The molecule has 0 radical (unpaired) electrons. The van der Waals surface area contributed by atoms with Gasteiger partial charge in [-0.3, -0.25) is 4.79 Å². The number of hydrogen-bond acceptors (Lipinski definition) is 3. The van der Waals surface area contributed by atoms with Gasteiger partial charge < -0.3 is 10.0 Å². The Kier molecular flexibility index (Phi) is 4.03. The molecule has 1 saturated carbocycles. The third-order valence-electron chi connectivity index (χ3n) is 4.16. The van der Waals surface area contributed by atoms with E-state index in [2.05, 4.69) is 6.07 Å². The number of nitrogens with zero attached hydrogens (tertiary/aromatic N) is 2. The molecule has 116 valence electrons. The normalized spacial score (nSPS) is 13.4. The van der Waals surface area contributed by atoms with Crippen LogP contribution in [0.3, 0.4) is 0 Å². The monoisotopic (exact) mass is 306 g/mol. The first-order valence-electron chi connectivity index (χ1n) is 7.78. The minimum atomic E-state index is 0.0524. The Morgan fingerprint density at radius 1 is 1.26 bits per heavy atom. The van der Waals surface area contributed by atoms with Gasteiger partial charge in [0.05, 0.1) is 11.6 Å². The first-order valence-corrected chi connectivity index (χ1v) is 7.78. The third kappa shape index (κ3) is 3.04. The fourth-order valence-corrected chi connectivity index (χ4v) is 2.75. The third-order valence-corrected chi connectivity index (χ3v) is 4.16. The zero-order valence-electron chi connectivity index (χ0n) is 13.0. The van der Waals surface area contributed by atoms with Crippen molar-refractivity contribution in [2.24, 2.45) is 0 Å². The highest BCUT2D eigenvalue weighted by Gasteiger charge is 2.31. The molecule has 2 aromatic carbocycles. The smallest absolute Gasteiger partial charge is 0.254 e. The number of amides is 1. The van der Waals surface area contributed by atoms with Crippen LogP contribution >= 0.6 is 0 Å². The lowest BCUT2D eigenvalue weighted by Gasteiger charge is -2.20. The van der Waals surface area contributed by atoms with Gasteiger partial charge in [0.15, 0.2) is 0 Å². The van der Waals surface area contributed by atoms with E-state index in [0.29, 0.717) is 22.7 Å². The molecule has 1 aliphatic rings. The van der Waals surface area contributed by atoms with Crippen molar-refractivity contribution in [2.45, 2.75) is 25.8 Å². The van der Waals surface area contributed by atoms with Gasteiger partial charge in [0.1, 0.15) is 5.75 Å². The standard InChI is InChI=1S/C19H18N2O2/c1-2-21(16-8-9-16)19(23)15-6-4-14(5-7-15)17-11-13(12-20)3-10-18(17)22/h3-7,10-11,16,22H,2,8-9H2,1H3. The van der Waals surface area contributed by atoms with Gasteiger partial charge in [0.2, 0.25) is 0 Å². The fraction of sp³-hybridized carbons (Fsp3) is 0.263. The fourth-order valence-electron chi connectivity index (χ4n) is 2.75. The molecule has 0 aliphatic heterocycles. The molecule has 2 aromatic rings. The molecule has 1 fully saturated rings. The Morgan fingerprint density at radius 3 is 2.52 bits per heavy atom. The molecule has 23 heavy (non-hydrogen) atoms. The lowest BCUT2D eigenvalue weighted by molar-refractivity contribution is 0.0752. The summed E-state index contributed by atoms with van der Waals surface area (Å²) in [7, 11) is 0. The van der Waals surface area contributed by atoms with Gasteiger partial charge in [-0.15, -0.1) is 0 Å². The van der Waals surface area contributed by atoms with Gasteiger partial charge >= 0.3 is 0 Å². The predicted molar refractivity (Wildman–Crippen MR) is 88.0 cm³/mol. The van der Waals surface area contributed by atoms with Crippen LogP contribution in [0.15, 0.2) is 42.5 Å². The van der Waals surface area contributed by atoms with Crippen LogP contribution < -0.4 is 0 Å². The second-order valence-corrected chi connectivity index (χ2v) is 5.74. The number of rotatable bonds is 4. The van der Waals surface area contributed by atoms with Crippen LogP contribution in [0.4, 0.5) is 0 Å². The molecule has 0 bridgehead atoms. The number of phenolic OH excluding ortho intramolecular Hbond substituents is 1. The van der Waals surface area contributed by atoms with Crippen LogP contribution in [0.2, 0.25) is 0 Å². The first kappa shape index (κ1) is 15.1.